The van der Waals surface area contributed by atoms with Crippen LogP contribution in [0, 0.1) is 6.92 Å². The summed E-state index contributed by atoms with van der Waals surface area (Å²) in [5, 5.41) is 0. The van der Waals surface area contributed by atoms with Gasteiger partial charge in [0.05, 0.1) is 7.11 Å². The van der Waals surface area contributed by atoms with Crippen LogP contribution in [0.15, 0.2) is 12.1 Å². The summed E-state index contributed by atoms with van der Waals surface area (Å²) in [5.41, 5.74) is 2.46. The predicted molar refractivity (Wildman–Crippen MR) is 111 cm³/mol. The van der Waals surface area contributed by atoms with Gasteiger partial charge in [0.2, 0.25) is 8.32 Å². The summed E-state index contributed by atoms with van der Waals surface area (Å²) >= 11 is 0. The van der Waals surface area contributed by atoms with Gasteiger partial charge in [-0.2, -0.15) is 0 Å². The number of aryl methyl sites for hydroxylation is 1. The topological polar surface area (TPSA) is 21.7 Å². The molecule has 132 valence electrons. The van der Waals surface area contributed by atoms with Crippen molar-refractivity contribution >= 4 is 30.5 Å². The van der Waals surface area contributed by atoms with Gasteiger partial charge >= 0.3 is 0 Å². The van der Waals surface area contributed by atoms with Crippen molar-refractivity contribution in [2.45, 2.75) is 65.8 Å². The maximum Gasteiger partial charge on any atom is 0.242 e. The van der Waals surface area contributed by atoms with E-state index in [-0.39, 0.29) is 0 Å². The maximum absolute atomic E-state index is 6.28. The molecule has 0 N–H and O–H groups in total. The number of hydrogen-bond acceptors (Lipinski definition) is 3. The highest BCUT2D eigenvalue weighted by molar-refractivity contribution is 6.99. The summed E-state index contributed by atoms with van der Waals surface area (Å²) in [6.45, 7) is 23.2. The van der Waals surface area contributed by atoms with Gasteiger partial charge in [-0.15, -0.1) is 0 Å². The van der Waals surface area contributed by atoms with Gasteiger partial charge in [0.1, 0.15) is 22.2 Å². The smallest absolute Gasteiger partial charge is 0.242 e. The molecule has 0 aliphatic heterocycles. The average Bonchev–Trinajstić information content (AvgIpc) is 2.26. The van der Waals surface area contributed by atoms with Crippen molar-refractivity contribution in [2.75, 3.05) is 11.3 Å². The zero-order valence-electron chi connectivity index (χ0n) is 16.9. The number of benzene rings is 1. The van der Waals surface area contributed by atoms with Crippen LogP contribution in [0.1, 0.15) is 5.56 Å². The third-order valence-corrected chi connectivity index (χ3v) is 11.5. The first kappa shape index (κ1) is 20.3. The van der Waals surface area contributed by atoms with E-state index in [1.807, 2.05) is 0 Å². The Balaban J connectivity index is 3.48. The van der Waals surface area contributed by atoms with Gasteiger partial charge in [-0.25, -0.2) is 0 Å². The first-order valence-corrected chi connectivity index (χ1v) is 18.6. The summed E-state index contributed by atoms with van der Waals surface area (Å²) in [4.78, 5) is 0. The van der Waals surface area contributed by atoms with E-state index in [9.17, 15) is 0 Å². The molecule has 0 bridgehead atoms. The number of rotatable bonds is 6. The largest absolute Gasteiger partial charge is 0.542 e. The highest BCUT2D eigenvalue weighted by Gasteiger charge is 2.35. The first-order chi connectivity index (χ1) is 10.2. The standard InChI is InChI=1S/C17H35NO2Si3/c1-14-12-15(18(21(3,4)5)22(6,7)8)13-16(19-2)17(14)20-23(9,10)11/h12-13H,1-11H3. The zero-order chi connectivity index (χ0) is 18.2. The van der Waals surface area contributed by atoms with E-state index in [1.165, 1.54) is 11.3 Å². The Kier molecular flexibility index (Phi) is 5.87. The minimum absolute atomic E-state index is 0.865. The molecule has 0 saturated heterocycles. The number of ether oxygens (including phenoxy) is 1. The maximum atomic E-state index is 6.28. The van der Waals surface area contributed by atoms with E-state index in [0.29, 0.717) is 0 Å². The molecule has 0 amide bonds. The molecule has 0 heterocycles. The lowest BCUT2D eigenvalue weighted by molar-refractivity contribution is 0.391. The molecular weight excluding hydrogens is 334 g/mol. The van der Waals surface area contributed by atoms with Crippen LogP contribution in [0.5, 0.6) is 11.5 Å². The molecular formula is C17H35NO2Si3. The molecule has 0 aliphatic carbocycles. The van der Waals surface area contributed by atoms with Crippen LogP contribution in [0.4, 0.5) is 5.69 Å². The number of methoxy groups -OCH3 is 1. The summed E-state index contributed by atoms with van der Waals surface area (Å²) in [5.74, 6) is 1.78. The van der Waals surface area contributed by atoms with Gasteiger partial charge in [0.25, 0.3) is 0 Å². The third-order valence-electron chi connectivity index (χ3n) is 3.45. The van der Waals surface area contributed by atoms with E-state index < -0.39 is 24.8 Å². The quantitative estimate of drug-likeness (QED) is 0.601. The molecule has 0 unspecified atom stereocenters. The van der Waals surface area contributed by atoms with E-state index in [0.717, 1.165) is 11.5 Å². The molecule has 0 aliphatic rings. The molecule has 6 heteroatoms. The van der Waals surface area contributed by atoms with Crippen LogP contribution in [0.3, 0.4) is 0 Å². The number of hydrogen-bond donors (Lipinski definition) is 0. The Morgan fingerprint density at radius 2 is 1.30 bits per heavy atom. The minimum atomic E-state index is -1.67. The molecule has 0 fully saturated rings. The van der Waals surface area contributed by atoms with Gasteiger partial charge in [-0.05, 0) is 38.2 Å². The Bertz CT molecular complexity index is 541. The Hall–Kier alpha value is -0.729. The fourth-order valence-corrected chi connectivity index (χ4v) is 14.0. The van der Waals surface area contributed by atoms with E-state index >= 15 is 0 Å². The molecule has 23 heavy (non-hydrogen) atoms. The zero-order valence-corrected chi connectivity index (χ0v) is 19.9. The monoisotopic (exact) mass is 369 g/mol. The number of anilines is 1. The Labute approximate surface area is 146 Å². The second kappa shape index (κ2) is 6.64. The normalized spacial score (nSPS) is 13.0. The van der Waals surface area contributed by atoms with Crippen molar-refractivity contribution in [1.82, 2.24) is 0 Å². The lowest BCUT2D eigenvalue weighted by Crippen LogP contribution is -2.59. The first-order valence-electron chi connectivity index (χ1n) is 8.35. The van der Waals surface area contributed by atoms with Crippen molar-refractivity contribution in [1.29, 1.82) is 0 Å². The van der Waals surface area contributed by atoms with Crippen molar-refractivity contribution in [3.8, 4) is 11.5 Å². The lowest BCUT2D eigenvalue weighted by Gasteiger charge is -2.46. The van der Waals surface area contributed by atoms with Gasteiger partial charge in [-0.3, -0.25) is 0 Å². The van der Waals surface area contributed by atoms with Crippen LogP contribution >= 0.6 is 0 Å². The molecule has 0 spiro atoms. The van der Waals surface area contributed by atoms with Crippen LogP contribution in [-0.4, -0.2) is 31.9 Å². The third kappa shape index (κ3) is 5.39. The van der Waals surface area contributed by atoms with Crippen LogP contribution in [0.2, 0.25) is 58.9 Å². The Morgan fingerprint density at radius 1 is 0.826 bits per heavy atom. The van der Waals surface area contributed by atoms with Gasteiger partial charge in [0.15, 0.2) is 5.75 Å². The summed E-state index contributed by atoms with van der Waals surface area (Å²) < 4.78 is 14.7. The summed E-state index contributed by atoms with van der Waals surface area (Å²) in [7, 11) is -2.89. The Morgan fingerprint density at radius 3 is 1.65 bits per heavy atom. The average molecular weight is 370 g/mol. The molecule has 0 atom stereocenters. The highest BCUT2D eigenvalue weighted by atomic mass is 28.4. The molecule has 0 saturated carbocycles. The molecule has 0 aromatic heterocycles. The molecule has 1 aromatic rings. The van der Waals surface area contributed by atoms with Crippen LogP contribution in [0.25, 0.3) is 0 Å². The fourth-order valence-electron chi connectivity index (χ4n) is 3.22. The summed E-state index contributed by atoms with van der Waals surface area (Å²) in [6.07, 6.45) is 0. The van der Waals surface area contributed by atoms with Crippen molar-refractivity contribution in [3.63, 3.8) is 0 Å². The van der Waals surface area contributed by atoms with Crippen molar-refractivity contribution < 1.29 is 9.16 Å². The molecule has 0 radical (unpaired) electrons. The second-order valence-corrected chi connectivity index (χ2v) is 23.6. The highest BCUT2D eigenvalue weighted by Crippen LogP contribution is 2.39. The van der Waals surface area contributed by atoms with E-state index in [1.54, 1.807) is 7.11 Å². The molecule has 3 nitrogen and oxygen atoms in total. The molecule has 1 aromatic carbocycles. The minimum Gasteiger partial charge on any atom is -0.542 e. The number of nitrogens with zero attached hydrogens (tertiary/aromatic N) is 1. The molecule has 1 rings (SSSR count). The van der Waals surface area contributed by atoms with E-state index in [2.05, 4.69) is 82.2 Å². The second-order valence-electron chi connectivity index (χ2n) is 9.19. The van der Waals surface area contributed by atoms with Crippen molar-refractivity contribution in [2.24, 2.45) is 0 Å². The van der Waals surface area contributed by atoms with E-state index in [4.69, 9.17) is 9.16 Å². The van der Waals surface area contributed by atoms with Crippen LogP contribution < -0.4 is 13.4 Å². The van der Waals surface area contributed by atoms with Crippen molar-refractivity contribution in [3.05, 3.63) is 17.7 Å². The lowest BCUT2D eigenvalue weighted by atomic mass is 10.2. The van der Waals surface area contributed by atoms with Gasteiger partial charge < -0.3 is 13.4 Å². The van der Waals surface area contributed by atoms with Gasteiger partial charge in [-0.1, -0.05) is 39.3 Å². The predicted octanol–water partition coefficient (Wildman–Crippen LogP) is 5.69. The van der Waals surface area contributed by atoms with Crippen LogP contribution in [-0.2, 0) is 0 Å². The summed E-state index contributed by atoms with van der Waals surface area (Å²) in [6, 6.07) is 4.47. The van der Waals surface area contributed by atoms with Gasteiger partial charge in [0, 0.05) is 11.8 Å². The SMILES string of the molecule is COc1cc(N([Si](C)(C)C)[Si](C)(C)C)cc(C)c1O[Si](C)(C)C. The fraction of sp³-hybridized carbons (Fsp3) is 0.647.